The molecular formula is C17H21ClFNO2. The predicted octanol–water partition coefficient (Wildman–Crippen LogP) is 3.94. The lowest BCUT2D eigenvalue weighted by Crippen LogP contribution is -2.14. The van der Waals surface area contributed by atoms with E-state index in [4.69, 9.17) is 9.47 Å². The molecule has 0 aliphatic heterocycles. The summed E-state index contributed by atoms with van der Waals surface area (Å²) in [4.78, 5) is 0. The Morgan fingerprint density at radius 1 is 1.05 bits per heavy atom. The number of benzene rings is 2. The monoisotopic (exact) mass is 325 g/mol. The number of nitrogens with one attached hydrogen (secondary N) is 1. The number of halogens is 2. The lowest BCUT2D eigenvalue weighted by Gasteiger charge is -2.14. The van der Waals surface area contributed by atoms with Gasteiger partial charge in [0.05, 0.1) is 13.7 Å². The molecule has 2 aromatic carbocycles. The zero-order chi connectivity index (χ0) is 15.1. The molecule has 0 aliphatic rings. The van der Waals surface area contributed by atoms with Crippen LogP contribution < -0.4 is 14.8 Å². The van der Waals surface area contributed by atoms with E-state index in [0.29, 0.717) is 19.7 Å². The number of para-hydroxylation sites is 1. The van der Waals surface area contributed by atoms with Crippen LogP contribution in [0.25, 0.3) is 0 Å². The Bertz CT molecular complexity index is 575. The molecule has 0 saturated carbocycles. The molecule has 0 bridgehead atoms. The second-order valence-electron chi connectivity index (χ2n) is 4.61. The Hall–Kier alpha value is -1.78. The first kappa shape index (κ1) is 18.3. The van der Waals surface area contributed by atoms with Gasteiger partial charge in [-0.25, -0.2) is 4.39 Å². The first-order valence-corrected chi connectivity index (χ1v) is 6.98. The fourth-order valence-corrected chi connectivity index (χ4v) is 2.11. The van der Waals surface area contributed by atoms with Crippen molar-refractivity contribution in [1.29, 1.82) is 0 Å². The van der Waals surface area contributed by atoms with Gasteiger partial charge < -0.3 is 14.8 Å². The molecule has 22 heavy (non-hydrogen) atoms. The van der Waals surface area contributed by atoms with Crippen LogP contribution in [-0.2, 0) is 13.1 Å². The number of ether oxygens (including phenoxy) is 2. The molecule has 2 rings (SSSR count). The maximum absolute atomic E-state index is 12.8. The predicted molar refractivity (Wildman–Crippen MR) is 88.4 cm³/mol. The van der Waals surface area contributed by atoms with Gasteiger partial charge in [0.15, 0.2) is 11.5 Å². The highest BCUT2D eigenvalue weighted by Gasteiger charge is 2.09. The molecule has 0 fully saturated rings. The standard InChI is InChI=1S/C17H20FNO2.ClH/c1-3-21-17-14(5-4-6-16(17)20-2)12-19-11-13-7-9-15(18)10-8-13;/h4-10,19H,3,11-12H2,1-2H3;1H. The van der Waals surface area contributed by atoms with E-state index in [9.17, 15) is 4.39 Å². The Labute approximate surface area is 136 Å². The van der Waals surface area contributed by atoms with Gasteiger partial charge in [0.1, 0.15) is 5.82 Å². The van der Waals surface area contributed by atoms with Crippen molar-refractivity contribution in [2.45, 2.75) is 20.0 Å². The van der Waals surface area contributed by atoms with Gasteiger partial charge in [-0.15, -0.1) is 12.4 Å². The minimum Gasteiger partial charge on any atom is -0.493 e. The highest BCUT2D eigenvalue weighted by Crippen LogP contribution is 2.31. The Kier molecular flexibility index (Phi) is 7.71. The van der Waals surface area contributed by atoms with Crippen LogP contribution >= 0.6 is 12.4 Å². The van der Waals surface area contributed by atoms with Crippen molar-refractivity contribution >= 4 is 12.4 Å². The summed E-state index contributed by atoms with van der Waals surface area (Å²) in [5.74, 6) is 1.29. The fourth-order valence-electron chi connectivity index (χ4n) is 2.11. The molecule has 0 aromatic heterocycles. The molecule has 0 radical (unpaired) electrons. The van der Waals surface area contributed by atoms with Gasteiger partial charge in [-0.1, -0.05) is 24.3 Å². The van der Waals surface area contributed by atoms with Crippen molar-refractivity contribution < 1.29 is 13.9 Å². The molecule has 0 aliphatic carbocycles. The molecule has 0 amide bonds. The van der Waals surface area contributed by atoms with Crippen molar-refractivity contribution in [3.05, 3.63) is 59.4 Å². The topological polar surface area (TPSA) is 30.5 Å². The third-order valence-corrected chi connectivity index (χ3v) is 3.13. The number of methoxy groups -OCH3 is 1. The van der Waals surface area contributed by atoms with Gasteiger partial charge in [-0.05, 0) is 30.7 Å². The number of hydrogen-bond donors (Lipinski definition) is 1. The number of hydrogen-bond acceptors (Lipinski definition) is 3. The lowest BCUT2D eigenvalue weighted by molar-refractivity contribution is 0.306. The maximum Gasteiger partial charge on any atom is 0.165 e. The normalized spacial score (nSPS) is 9.95. The van der Waals surface area contributed by atoms with Crippen molar-refractivity contribution in [2.24, 2.45) is 0 Å². The van der Waals surface area contributed by atoms with E-state index >= 15 is 0 Å². The van der Waals surface area contributed by atoms with Crippen LogP contribution in [0.5, 0.6) is 11.5 Å². The summed E-state index contributed by atoms with van der Waals surface area (Å²) in [6.45, 7) is 3.86. The van der Waals surface area contributed by atoms with E-state index < -0.39 is 0 Å². The first-order valence-electron chi connectivity index (χ1n) is 6.98. The molecule has 0 saturated heterocycles. The molecule has 0 heterocycles. The molecule has 2 aromatic rings. The minimum absolute atomic E-state index is 0. The maximum atomic E-state index is 12.8. The second-order valence-corrected chi connectivity index (χ2v) is 4.61. The van der Waals surface area contributed by atoms with Crippen molar-refractivity contribution in [1.82, 2.24) is 5.32 Å². The summed E-state index contributed by atoms with van der Waals surface area (Å²) < 4.78 is 23.8. The van der Waals surface area contributed by atoms with Gasteiger partial charge in [-0.3, -0.25) is 0 Å². The fraction of sp³-hybridized carbons (Fsp3) is 0.294. The zero-order valence-electron chi connectivity index (χ0n) is 12.8. The number of rotatable bonds is 7. The molecule has 1 N–H and O–H groups in total. The Morgan fingerprint density at radius 3 is 2.41 bits per heavy atom. The van der Waals surface area contributed by atoms with Crippen LogP contribution in [0, 0.1) is 5.82 Å². The first-order chi connectivity index (χ1) is 10.2. The van der Waals surface area contributed by atoms with Crippen molar-refractivity contribution in [3.63, 3.8) is 0 Å². The average molecular weight is 326 g/mol. The van der Waals surface area contributed by atoms with Gasteiger partial charge >= 0.3 is 0 Å². The molecule has 120 valence electrons. The second kappa shape index (κ2) is 9.28. The summed E-state index contributed by atoms with van der Waals surface area (Å²) in [6, 6.07) is 12.3. The quantitative estimate of drug-likeness (QED) is 0.836. The third-order valence-electron chi connectivity index (χ3n) is 3.13. The van der Waals surface area contributed by atoms with E-state index in [1.807, 2.05) is 25.1 Å². The van der Waals surface area contributed by atoms with Crippen LogP contribution in [0.1, 0.15) is 18.1 Å². The van der Waals surface area contributed by atoms with E-state index in [0.717, 1.165) is 22.6 Å². The third kappa shape index (κ3) is 4.90. The van der Waals surface area contributed by atoms with Crippen LogP contribution in [0.15, 0.2) is 42.5 Å². The molecule has 0 atom stereocenters. The Balaban J connectivity index is 0.00000242. The van der Waals surface area contributed by atoms with Gasteiger partial charge in [0, 0.05) is 18.7 Å². The van der Waals surface area contributed by atoms with E-state index in [1.54, 1.807) is 19.2 Å². The van der Waals surface area contributed by atoms with Crippen LogP contribution in [0.3, 0.4) is 0 Å². The zero-order valence-corrected chi connectivity index (χ0v) is 13.6. The summed E-state index contributed by atoms with van der Waals surface area (Å²) in [7, 11) is 1.63. The lowest BCUT2D eigenvalue weighted by atomic mass is 10.1. The van der Waals surface area contributed by atoms with E-state index in [-0.39, 0.29) is 18.2 Å². The van der Waals surface area contributed by atoms with Gasteiger partial charge in [0.25, 0.3) is 0 Å². The SMILES string of the molecule is CCOc1c(CNCc2ccc(F)cc2)cccc1OC.Cl. The highest BCUT2D eigenvalue weighted by atomic mass is 35.5. The van der Waals surface area contributed by atoms with Crippen molar-refractivity contribution in [3.8, 4) is 11.5 Å². The van der Waals surface area contributed by atoms with Crippen LogP contribution in [0.4, 0.5) is 4.39 Å². The summed E-state index contributed by atoms with van der Waals surface area (Å²) in [6.07, 6.45) is 0. The molecule has 5 heteroatoms. The average Bonchev–Trinajstić information content (AvgIpc) is 2.51. The highest BCUT2D eigenvalue weighted by molar-refractivity contribution is 5.85. The summed E-state index contributed by atoms with van der Waals surface area (Å²) in [5, 5.41) is 3.33. The van der Waals surface area contributed by atoms with Gasteiger partial charge in [0.2, 0.25) is 0 Å². The molecule has 0 unspecified atom stereocenters. The summed E-state index contributed by atoms with van der Waals surface area (Å²) in [5.41, 5.74) is 2.08. The Morgan fingerprint density at radius 2 is 1.77 bits per heavy atom. The van der Waals surface area contributed by atoms with E-state index in [2.05, 4.69) is 5.32 Å². The molecule has 0 spiro atoms. The smallest absolute Gasteiger partial charge is 0.165 e. The van der Waals surface area contributed by atoms with Crippen LogP contribution in [-0.4, -0.2) is 13.7 Å². The molecule has 3 nitrogen and oxygen atoms in total. The molecular weight excluding hydrogens is 305 g/mol. The van der Waals surface area contributed by atoms with Crippen molar-refractivity contribution in [2.75, 3.05) is 13.7 Å². The van der Waals surface area contributed by atoms with E-state index in [1.165, 1.54) is 12.1 Å². The largest absolute Gasteiger partial charge is 0.493 e. The summed E-state index contributed by atoms with van der Waals surface area (Å²) >= 11 is 0. The van der Waals surface area contributed by atoms with Gasteiger partial charge in [-0.2, -0.15) is 0 Å². The van der Waals surface area contributed by atoms with Crippen LogP contribution in [0.2, 0.25) is 0 Å². The minimum atomic E-state index is -0.217.